The van der Waals surface area contributed by atoms with Gasteiger partial charge in [-0.15, -0.1) is 0 Å². The highest BCUT2D eigenvalue weighted by Gasteiger charge is 2.33. The summed E-state index contributed by atoms with van der Waals surface area (Å²) in [6.07, 6.45) is -4.03. The van der Waals surface area contributed by atoms with Gasteiger partial charge in [-0.25, -0.2) is 4.98 Å². The number of carboxylic acid groups (broad SMARTS) is 1. The third-order valence-electron chi connectivity index (χ3n) is 3.62. The Labute approximate surface area is 136 Å². The highest BCUT2D eigenvalue weighted by molar-refractivity contribution is 5.92. The molecule has 0 aromatic carbocycles. The van der Waals surface area contributed by atoms with E-state index in [2.05, 4.69) is 9.72 Å². The van der Waals surface area contributed by atoms with Gasteiger partial charge in [-0.05, 0) is 18.4 Å². The van der Waals surface area contributed by atoms with Crippen molar-refractivity contribution in [1.29, 1.82) is 0 Å². The lowest BCUT2D eigenvalue weighted by molar-refractivity contribution is -0.154. The van der Waals surface area contributed by atoms with Gasteiger partial charge in [0.15, 0.2) is 6.61 Å². The van der Waals surface area contributed by atoms with Crippen LogP contribution in [0.2, 0.25) is 0 Å². The monoisotopic (exact) mass is 346 g/mol. The van der Waals surface area contributed by atoms with Crippen LogP contribution in [-0.2, 0) is 4.79 Å². The van der Waals surface area contributed by atoms with Crippen molar-refractivity contribution in [2.45, 2.75) is 19.5 Å². The second-order valence-electron chi connectivity index (χ2n) is 5.85. The Kier molecular flexibility index (Phi) is 5.30. The highest BCUT2D eigenvalue weighted by atomic mass is 19.4. The van der Waals surface area contributed by atoms with Crippen LogP contribution in [0, 0.1) is 11.8 Å². The summed E-state index contributed by atoms with van der Waals surface area (Å²) in [5.74, 6) is -2.46. The third kappa shape index (κ3) is 4.84. The Hall–Kier alpha value is -2.32. The molecule has 1 aromatic heterocycles. The van der Waals surface area contributed by atoms with Crippen LogP contribution in [0.3, 0.4) is 0 Å². The lowest BCUT2D eigenvalue weighted by atomic mass is 9.90. The van der Waals surface area contributed by atoms with E-state index in [-0.39, 0.29) is 24.0 Å². The minimum atomic E-state index is -4.50. The topological polar surface area (TPSA) is 79.7 Å². The van der Waals surface area contributed by atoms with Gasteiger partial charge in [0.05, 0.1) is 5.92 Å². The Morgan fingerprint density at radius 2 is 2.08 bits per heavy atom. The molecule has 0 bridgehead atoms. The number of ether oxygens (including phenoxy) is 1. The SMILES string of the molecule is CC1CC(C(=O)O)CN(C(=O)c2cccc(OCC(F)(F)F)n2)C1. The number of hydrogen-bond donors (Lipinski definition) is 1. The van der Waals surface area contributed by atoms with Gasteiger partial charge in [0.2, 0.25) is 5.88 Å². The van der Waals surface area contributed by atoms with Crippen molar-refractivity contribution in [2.75, 3.05) is 19.7 Å². The zero-order valence-corrected chi connectivity index (χ0v) is 12.9. The fraction of sp³-hybridized carbons (Fsp3) is 0.533. The number of aliphatic carboxylic acids is 1. The minimum Gasteiger partial charge on any atom is -0.481 e. The van der Waals surface area contributed by atoms with Crippen LogP contribution in [0.1, 0.15) is 23.8 Å². The lowest BCUT2D eigenvalue weighted by Gasteiger charge is -2.34. The number of carboxylic acids is 1. The van der Waals surface area contributed by atoms with Gasteiger partial charge in [0, 0.05) is 19.2 Å². The maximum Gasteiger partial charge on any atom is 0.422 e. The number of amides is 1. The molecular weight excluding hydrogens is 329 g/mol. The number of pyridine rings is 1. The molecule has 1 aromatic rings. The van der Waals surface area contributed by atoms with Crippen molar-refractivity contribution < 1.29 is 32.6 Å². The van der Waals surface area contributed by atoms with Gasteiger partial charge < -0.3 is 14.7 Å². The summed E-state index contributed by atoms with van der Waals surface area (Å²) in [5, 5.41) is 9.14. The first kappa shape index (κ1) is 18.0. The van der Waals surface area contributed by atoms with Crippen LogP contribution in [0.5, 0.6) is 5.88 Å². The second-order valence-corrected chi connectivity index (χ2v) is 5.85. The maximum absolute atomic E-state index is 12.5. The predicted octanol–water partition coefficient (Wildman–Crippen LogP) is 2.21. The highest BCUT2D eigenvalue weighted by Crippen LogP contribution is 2.23. The van der Waals surface area contributed by atoms with Gasteiger partial charge in [0.1, 0.15) is 5.69 Å². The van der Waals surface area contributed by atoms with Gasteiger partial charge in [-0.1, -0.05) is 13.0 Å². The van der Waals surface area contributed by atoms with Crippen molar-refractivity contribution in [1.82, 2.24) is 9.88 Å². The summed E-state index contributed by atoms with van der Waals surface area (Å²) in [7, 11) is 0. The summed E-state index contributed by atoms with van der Waals surface area (Å²) < 4.78 is 41.0. The summed E-state index contributed by atoms with van der Waals surface area (Å²) in [6.45, 7) is 0.761. The molecule has 0 saturated carbocycles. The number of likely N-dealkylation sites (tertiary alicyclic amines) is 1. The molecule has 1 N–H and O–H groups in total. The Morgan fingerprint density at radius 3 is 2.71 bits per heavy atom. The van der Waals surface area contributed by atoms with E-state index in [0.717, 1.165) is 0 Å². The number of carbonyl (C=O) groups excluding carboxylic acids is 1. The Morgan fingerprint density at radius 1 is 1.38 bits per heavy atom. The molecule has 132 valence electrons. The lowest BCUT2D eigenvalue weighted by Crippen LogP contribution is -2.45. The third-order valence-corrected chi connectivity index (χ3v) is 3.62. The largest absolute Gasteiger partial charge is 0.481 e. The van der Waals surface area contributed by atoms with Crippen molar-refractivity contribution in [3.05, 3.63) is 23.9 Å². The molecule has 2 heterocycles. The number of piperidine rings is 1. The quantitative estimate of drug-likeness (QED) is 0.904. The first-order valence-corrected chi connectivity index (χ1v) is 7.34. The van der Waals surface area contributed by atoms with E-state index in [9.17, 15) is 22.8 Å². The van der Waals surface area contributed by atoms with E-state index < -0.39 is 30.6 Å². The van der Waals surface area contributed by atoms with E-state index >= 15 is 0 Å². The van der Waals surface area contributed by atoms with Crippen LogP contribution in [-0.4, -0.2) is 52.7 Å². The number of rotatable bonds is 4. The number of alkyl halides is 3. The molecule has 2 rings (SSSR count). The van der Waals surface area contributed by atoms with Crippen molar-refractivity contribution >= 4 is 11.9 Å². The molecule has 1 amide bonds. The van der Waals surface area contributed by atoms with Gasteiger partial charge in [0.25, 0.3) is 5.91 Å². The van der Waals surface area contributed by atoms with Crippen molar-refractivity contribution in [3.63, 3.8) is 0 Å². The maximum atomic E-state index is 12.5. The molecule has 0 spiro atoms. The fourth-order valence-corrected chi connectivity index (χ4v) is 2.63. The molecule has 1 aliphatic rings. The van der Waals surface area contributed by atoms with Gasteiger partial charge in [-0.2, -0.15) is 13.2 Å². The zero-order valence-electron chi connectivity index (χ0n) is 12.9. The van der Waals surface area contributed by atoms with E-state index in [1.807, 2.05) is 6.92 Å². The van der Waals surface area contributed by atoms with Crippen LogP contribution in [0.15, 0.2) is 18.2 Å². The second kappa shape index (κ2) is 7.06. The molecule has 1 fully saturated rings. The standard InChI is InChI=1S/C15H17F3N2O4/c1-9-5-10(14(22)23)7-20(6-9)13(21)11-3-2-4-12(19-11)24-8-15(16,17)18/h2-4,9-10H,5-8H2,1H3,(H,22,23). The molecule has 1 saturated heterocycles. The number of halogens is 3. The number of nitrogens with zero attached hydrogens (tertiary/aromatic N) is 2. The summed E-state index contributed by atoms with van der Waals surface area (Å²) in [5.41, 5.74) is -0.0760. The van der Waals surface area contributed by atoms with Gasteiger partial charge in [-0.3, -0.25) is 9.59 Å². The van der Waals surface area contributed by atoms with Crippen LogP contribution in [0.4, 0.5) is 13.2 Å². The number of aromatic nitrogens is 1. The summed E-state index contributed by atoms with van der Waals surface area (Å²) >= 11 is 0. The normalized spacial score (nSPS) is 21.4. The molecule has 6 nitrogen and oxygen atoms in total. The Balaban J connectivity index is 2.10. The molecule has 24 heavy (non-hydrogen) atoms. The van der Waals surface area contributed by atoms with E-state index in [0.29, 0.717) is 13.0 Å². The van der Waals surface area contributed by atoms with E-state index in [1.165, 1.54) is 23.1 Å². The molecular formula is C15H17F3N2O4. The minimum absolute atomic E-state index is 0.00784. The molecule has 1 aliphatic heterocycles. The molecule has 0 radical (unpaired) electrons. The number of hydrogen-bond acceptors (Lipinski definition) is 4. The average Bonchev–Trinajstić information content (AvgIpc) is 2.51. The average molecular weight is 346 g/mol. The smallest absolute Gasteiger partial charge is 0.422 e. The van der Waals surface area contributed by atoms with Crippen LogP contribution >= 0.6 is 0 Å². The summed E-state index contributed by atoms with van der Waals surface area (Å²) in [4.78, 5) is 28.8. The predicted molar refractivity (Wildman–Crippen MR) is 76.6 cm³/mol. The molecule has 0 aliphatic carbocycles. The van der Waals surface area contributed by atoms with Crippen molar-refractivity contribution in [3.8, 4) is 5.88 Å². The fourth-order valence-electron chi connectivity index (χ4n) is 2.63. The summed E-state index contributed by atoms with van der Waals surface area (Å²) in [6, 6.07) is 3.95. The van der Waals surface area contributed by atoms with Gasteiger partial charge >= 0.3 is 12.1 Å². The van der Waals surface area contributed by atoms with Crippen LogP contribution < -0.4 is 4.74 Å². The van der Waals surface area contributed by atoms with Crippen molar-refractivity contribution in [2.24, 2.45) is 11.8 Å². The zero-order chi connectivity index (χ0) is 17.9. The molecule has 2 unspecified atom stereocenters. The molecule has 9 heteroatoms. The van der Waals surface area contributed by atoms with E-state index in [1.54, 1.807) is 0 Å². The first-order valence-electron chi connectivity index (χ1n) is 7.34. The molecule has 2 atom stereocenters. The number of carbonyl (C=O) groups is 2. The van der Waals surface area contributed by atoms with Crippen LogP contribution in [0.25, 0.3) is 0 Å². The Bertz CT molecular complexity index is 621. The van der Waals surface area contributed by atoms with E-state index in [4.69, 9.17) is 5.11 Å². The first-order chi connectivity index (χ1) is 11.2.